The normalized spacial score (nSPS) is 11.6. The third-order valence-electron chi connectivity index (χ3n) is 5.43. The van der Waals surface area contributed by atoms with E-state index in [9.17, 15) is 4.79 Å². The molecule has 0 aliphatic carbocycles. The predicted molar refractivity (Wildman–Crippen MR) is 122 cm³/mol. The SMILES string of the molecule is CC(C)(CNC(=O)c1cn(Cc2ccc(Cl)cc2)c2ccccc12)c1cccnc1. The van der Waals surface area contributed by atoms with Crippen molar-refractivity contribution in [1.82, 2.24) is 14.9 Å². The van der Waals surface area contributed by atoms with Crippen molar-refractivity contribution in [1.29, 1.82) is 0 Å². The van der Waals surface area contributed by atoms with Crippen LogP contribution in [0.2, 0.25) is 5.02 Å². The molecule has 4 nitrogen and oxygen atoms in total. The number of pyridine rings is 1. The average Bonchev–Trinajstić information content (AvgIpc) is 3.13. The fourth-order valence-corrected chi connectivity index (χ4v) is 3.73. The van der Waals surface area contributed by atoms with E-state index in [0.717, 1.165) is 22.0 Å². The number of carbonyl (C=O) groups is 1. The van der Waals surface area contributed by atoms with E-state index in [1.165, 1.54) is 0 Å². The van der Waals surface area contributed by atoms with Gasteiger partial charge in [0.05, 0.1) is 5.56 Å². The molecule has 0 saturated heterocycles. The van der Waals surface area contributed by atoms with Gasteiger partial charge in [0.15, 0.2) is 0 Å². The number of nitrogens with one attached hydrogen (secondary N) is 1. The number of para-hydroxylation sites is 1. The number of halogens is 1. The molecule has 0 atom stereocenters. The fourth-order valence-electron chi connectivity index (χ4n) is 3.61. The maximum absolute atomic E-state index is 13.1. The highest BCUT2D eigenvalue weighted by Gasteiger charge is 2.23. The molecule has 2 heterocycles. The minimum atomic E-state index is -0.217. The van der Waals surface area contributed by atoms with Crippen LogP contribution in [-0.2, 0) is 12.0 Å². The first-order chi connectivity index (χ1) is 14.4. The van der Waals surface area contributed by atoms with Crippen LogP contribution in [0.5, 0.6) is 0 Å². The molecule has 152 valence electrons. The summed E-state index contributed by atoms with van der Waals surface area (Å²) in [4.78, 5) is 17.3. The van der Waals surface area contributed by atoms with Crippen LogP contribution in [0.1, 0.15) is 35.3 Å². The summed E-state index contributed by atoms with van der Waals surface area (Å²) >= 11 is 6.01. The molecule has 5 heteroatoms. The number of hydrogen-bond donors (Lipinski definition) is 1. The molecular formula is C25H24ClN3O. The summed E-state index contributed by atoms with van der Waals surface area (Å²) in [6.45, 7) is 5.41. The molecule has 0 saturated carbocycles. The summed E-state index contributed by atoms with van der Waals surface area (Å²) < 4.78 is 2.11. The van der Waals surface area contributed by atoms with Crippen LogP contribution in [0.25, 0.3) is 10.9 Å². The highest BCUT2D eigenvalue weighted by Crippen LogP contribution is 2.24. The van der Waals surface area contributed by atoms with Gasteiger partial charge in [-0.05, 0) is 35.4 Å². The van der Waals surface area contributed by atoms with Gasteiger partial charge in [0, 0.05) is 53.0 Å². The Morgan fingerprint density at radius 3 is 2.57 bits per heavy atom. The van der Waals surface area contributed by atoms with E-state index < -0.39 is 0 Å². The van der Waals surface area contributed by atoms with E-state index in [4.69, 9.17) is 11.6 Å². The number of fused-ring (bicyclic) bond motifs is 1. The van der Waals surface area contributed by atoms with E-state index in [-0.39, 0.29) is 11.3 Å². The van der Waals surface area contributed by atoms with Crippen molar-refractivity contribution in [3.05, 3.63) is 101 Å². The van der Waals surface area contributed by atoms with Gasteiger partial charge in [-0.15, -0.1) is 0 Å². The Bertz CT molecular complexity index is 1160. The summed E-state index contributed by atoms with van der Waals surface area (Å²) in [5.74, 6) is -0.0713. The van der Waals surface area contributed by atoms with Gasteiger partial charge in [-0.25, -0.2) is 0 Å². The summed E-state index contributed by atoms with van der Waals surface area (Å²) in [6, 6.07) is 19.7. The van der Waals surface area contributed by atoms with E-state index in [0.29, 0.717) is 23.7 Å². The Kier molecular flexibility index (Phi) is 5.60. The van der Waals surface area contributed by atoms with E-state index in [1.807, 2.05) is 73.1 Å². The van der Waals surface area contributed by atoms with Crippen molar-refractivity contribution in [2.24, 2.45) is 0 Å². The van der Waals surface area contributed by atoms with Gasteiger partial charge >= 0.3 is 0 Å². The second-order valence-electron chi connectivity index (χ2n) is 8.12. The minimum Gasteiger partial charge on any atom is -0.351 e. The first-order valence-electron chi connectivity index (χ1n) is 9.95. The number of hydrogen-bond acceptors (Lipinski definition) is 2. The Hall–Kier alpha value is -3.11. The lowest BCUT2D eigenvalue weighted by Gasteiger charge is -2.25. The van der Waals surface area contributed by atoms with Gasteiger partial charge in [-0.1, -0.05) is 61.8 Å². The highest BCUT2D eigenvalue weighted by molar-refractivity contribution is 6.30. The number of carbonyl (C=O) groups excluding carboxylic acids is 1. The zero-order chi connectivity index (χ0) is 21.1. The van der Waals surface area contributed by atoms with Crippen LogP contribution in [0.3, 0.4) is 0 Å². The third kappa shape index (κ3) is 4.24. The van der Waals surface area contributed by atoms with Gasteiger partial charge in [0.1, 0.15) is 0 Å². The number of rotatable bonds is 6. The Morgan fingerprint density at radius 2 is 1.83 bits per heavy atom. The lowest BCUT2D eigenvalue weighted by molar-refractivity contribution is 0.0947. The Balaban J connectivity index is 1.58. The molecule has 30 heavy (non-hydrogen) atoms. The molecule has 0 aliphatic rings. The maximum atomic E-state index is 13.1. The van der Waals surface area contributed by atoms with Gasteiger partial charge in [-0.3, -0.25) is 9.78 Å². The van der Waals surface area contributed by atoms with Gasteiger partial charge in [0.2, 0.25) is 0 Å². The van der Waals surface area contributed by atoms with Crippen LogP contribution in [0.4, 0.5) is 0 Å². The molecule has 1 amide bonds. The lowest BCUT2D eigenvalue weighted by Crippen LogP contribution is -2.36. The molecule has 2 aromatic carbocycles. The second kappa shape index (κ2) is 8.33. The van der Waals surface area contributed by atoms with Crippen molar-refractivity contribution in [2.45, 2.75) is 25.8 Å². The molecule has 0 fully saturated rings. The maximum Gasteiger partial charge on any atom is 0.253 e. The van der Waals surface area contributed by atoms with Crippen LogP contribution < -0.4 is 5.32 Å². The van der Waals surface area contributed by atoms with Crippen molar-refractivity contribution in [2.75, 3.05) is 6.54 Å². The topological polar surface area (TPSA) is 46.9 Å². The quantitative estimate of drug-likeness (QED) is 0.453. The number of benzene rings is 2. The van der Waals surface area contributed by atoms with Crippen LogP contribution in [0.15, 0.2) is 79.3 Å². The van der Waals surface area contributed by atoms with E-state index in [2.05, 4.69) is 28.7 Å². The molecule has 4 rings (SSSR count). The zero-order valence-corrected chi connectivity index (χ0v) is 17.9. The molecular weight excluding hydrogens is 394 g/mol. The summed E-state index contributed by atoms with van der Waals surface area (Å²) in [6.07, 6.45) is 5.55. The van der Waals surface area contributed by atoms with E-state index >= 15 is 0 Å². The first kappa shape index (κ1) is 20.2. The Morgan fingerprint density at radius 1 is 1.07 bits per heavy atom. The van der Waals surface area contributed by atoms with Crippen LogP contribution in [0, 0.1) is 0 Å². The van der Waals surface area contributed by atoms with Crippen molar-refractivity contribution in [3.63, 3.8) is 0 Å². The number of amides is 1. The largest absolute Gasteiger partial charge is 0.351 e. The minimum absolute atomic E-state index is 0.0713. The molecule has 2 aromatic heterocycles. The summed E-state index contributed by atoms with van der Waals surface area (Å²) in [5.41, 5.74) is 3.72. The molecule has 0 unspecified atom stereocenters. The zero-order valence-electron chi connectivity index (χ0n) is 17.1. The highest BCUT2D eigenvalue weighted by atomic mass is 35.5. The monoisotopic (exact) mass is 417 g/mol. The van der Waals surface area contributed by atoms with Gasteiger partial charge < -0.3 is 9.88 Å². The van der Waals surface area contributed by atoms with E-state index in [1.54, 1.807) is 6.20 Å². The van der Waals surface area contributed by atoms with Crippen LogP contribution >= 0.6 is 11.6 Å². The Labute approximate surface area is 181 Å². The van der Waals surface area contributed by atoms with Crippen molar-refractivity contribution < 1.29 is 4.79 Å². The number of nitrogens with zero attached hydrogens (tertiary/aromatic N) is 2. The predicted octanol–water partition coefficient (Wildman–Crippen LogP) is 5.45. The molecule has 0 aliphatic heterocycles. The third-order valence-corrected chi connectivity index (χ3v) is 5.69. The molecule has 4 aromatic rings. The van der Waals surface area contributed by atoms with Gasteiger partial charge in [-0.2, -0.15) is 0 Å². The summed E-state index contributed by atoms with van der Waals surface area (Å²) in [5, 5.41) is 4.78. The lowest BCUT2D eigenvalue weighted by atomic mass is 9.85. The fraction of sp³-hybridized carbons (Fsp3) is 0.200. The van der Waals surface area contributed by atoms with Crippen molar-refractivity contribution >= 4 is 28.4 Å². The second-order valence-corrected chi connectivity index (χ2v) is 8.56. The van der Waals surface area contributed by atoms with Crippen LogP contribution in [-0.4, -0.2) is 22.0 Å². The molecule has 0 spiro atoms. The number of aromatic nitrogens is 2. The smallest absolute Gasteiger partial charge is 0.253 e. The molecule has 1 N–H and O–H groups in total. The van der Waals surface area contributed by atoms with Crippen molar-refractivity contribution in [3.8, 4) is 0 Å². The standard InChI is InChI=1S/C25H24ClN3O/c1-25(2,19-6-5-13-27-14-19)17-28-24(30)22-16-29(23-8-4-3-7-21(22)23)15-18-9-11-20(26)12-10-18/h3-14,16H,15,17H2,1-2H3,(H,28,30). The molecule has 0 radical (unpaired) electrons. The average molecular weight is 418 g/mol. The first-order valence-corrected chi connectivity index (χ1v) is 10.3. The summed E-state index contributed by atoms with van der Waals surface area (Å²) in [7, 11) is 0. The molecule has 0 bridgehead atoms. The van der Waals surface area contributed by atoms with Gasteiger partial charge in [0.25, 0.3) is 5.91 Å².